The maximum Gasteiger partial charge on any atom is 0.271 e. The van der Waals surface area contributed by atoms with Crippen LogP contribution in [0, 0.1) is 0 Å². The zero-order chi connectivity index (χ0) is 20.1. The topological polar surface area (TPSA) is 93.9 Å². The summed E-state index contributed by atoms with van der Waals surface area (Å²) < 4.78 is 9.61. The van der Waals surface area contributed by atoms with E-state index in [9.17, 15) is 9.59 Å². The normalized spacial score (nSPS) is 24.7. The molecule has 2 aliphatic heterocycles. The van der Waals surface area contributed by atoms with E-state index in [-0.39, 0.29) is 34.4 Å². The highest BCUT2D eigenvalue weighted by atomic mass is 32.2. The van der Waals surface area contributed by atoms with Crippen LogP contribution in [0.3, 0.4) is 0 Å². The standard InChI is InChI=1S/C19H27N5O3S/c1-11(2)23-13(5-7-20-23)16-15-17(21-14(25)10-28-16)24(22-18(15)26)12-6-8-27-19(3,4)9-12/h5,7,11-12,16H,6,8-10H2,1-4H3,(H,21,25)(H,22,26)/t12-,16-/m0/s1. The Bertz CT molecular complexity index is 942. The number of hydrogen-bond donors (Lipinski definition) is 2. The second-order valence-corrected chi connectivity index (χ2v) is 9.46. The van der Waals surface area contributed by atoms with Crippen LogP contribution in [0.2, 0.25) is 0 Å². The maximum absolute atomic E-state index is 13.0. The number of anilines is 1. The predicted octanol–water partition coefficient (Wildman–Crippen LogP) is 2.86. The van der Waals surface area contributed by atoms with E-state index in [0.29, 0.717) is 23.7 Å². The minimum Gasteiger partial charge on any atom is -0.375 e. The Hall–Kier alpha value is -2.00. The zero-order valence-corrected chi connectivity index (χ0v) is 17.5. The molecule has 0 spiro atoms. The smallest absolute Gasteiger partial charge is 0.271 e. The van der Waals surface area contributed by atoms with Crippen LogP contribution in [0.15, 0.2) is 17.1 Å². The quantitative estimate of drug-likeness (QED) is 0.819. The van der Waals surface area contributed by atoms with E-state index in [0.717, 1.165) is 18.5 Å². The molecule has 4 rings (SSSR count). The van der Waals surface area contributed by atoms with Gasteiger partial charge in [0, 0.05) is 18.8 Å². The third-order valence-electron chi connectivity index (χ3n) is 5.36. The van der Waals surface area contributed by atoms with Crippen LogP contribution in [0.5, 0.6) is 0 Å². The third kappa shape index (κ3) is 3.41. The molecule has 28 heavy (non-hydrogen) atoms. The maximum atomic E-state index is 13.0. The third-order valence-corrected chi connectivity index (χ3v) is 6.60. The molecule has 2 N–H and O–H groups in total. The van der Waals surface area contributed by atoms with E-state index in [1.165, 1.54) is 11.8 Å². The SMILES string of the molecule is CC(C)n1nccc1[C@@H]1SCC(=O)Nc2c1c(=O)[nH]n2[C@H]1CCOC(C)(C)C1. The van der Waals surface area contributed by atoms with Crippen molar-refractivity contribution in [2.75, 3.05) is 17.7 Å². The van der Waals surface area contributed by atoms with E-state index in [1.54, 1.807) is 6.20 Å². The molecule has 0 saturated carbocycles. The molecule has 4 heterocycles. The molecule has 1 saturated heterocycles. The fourth-order valence-corrected chi connectivity index (χ4v) is 5.27. The lowest BCUT2D eigenvalue weighted by molar-refractivity contribution is -0.113. The number of rotatable bonds is 3. The van der Waals surface area contributed by atoms with Gasteiger partial charge in [-0.3, -0.25) is 24.1 Å². The summed E-state index contributed by atoms with van der Waals surface area (Å²) in [5, 5.41) is 10.1. The number of thioether (sulfide) groups is 1. The Morgan fingerprint density at radius 1 is 1.36 bits per heavy atom. The Morgan fingerprint density at radius 3 is 2.86 bits per heavy atom. The lowest BCUT2D eigenvalue weighted by atomic mass is 9.94. The minimum atomic E-state index is -0.268. The molecule has 2 aromatic rings. The van der Waals surface area contributed by atoms with E-state index in [1.807, 2.05) is 15.4 Å². The van der Waals surface area contributed by atoms with Gasteiger partial charge in [0.2, 0.25) is 5.91 Å². The average molecular weight is 406 g/mol. The number of H-pyrrole nitrogens is 1. The minimum absolute atomic E-state index is 0.0688. The molecule has 2 aromatic heterocycles. The van der Waals surface area contributed by atoms with Crippen molar-refractivity contribution >= 4 is 23.5 Å². The monoisotopic (exact) mass is 405 g/mol. The summed E-state index contributed by atoms with van der Waals surface area (Å²) in [7, 11) is 0. The average Bonchev–Trinajstić information content (AvgIpc) is 3.17. The Balaban J connectivity index is 1.82. The molecule has 0 aromatic carbocycles. The molecule has 2 aliphatic rings. The fourth-order valence-electron chi connectivity index (χ4n) is 4.13. The largest absolute Gasteiger partial charge is 0.375 e. The molecule has 2 atom stereocenters. The lowest BCUT2D eigenvalue weighted by Gasteiger charge is -2.36. The summed E-state index contributed by atoms with van der Waals surface area (Å²) in [4.78, 5) is 25.5. The van der Waals surface area contributed by atoms with Crippen molar-refractivity contribution in [2.45, 2.75) is 63.5 Å². The first-order chi connectivity index (χ1) is 13.3. The summed E-state index contributed by atoms with van der Waals surface area (Å²) in [6.45, 7) is 8.85. The van der Waals surface area contributed by atoms with E-state index in [4.69, 9.17) is 4.74 Å². The first-order valence-corrected chi connectivity index (χ1v) is 10.7. The molecular weight excluding hydrogens is 378 g/mol. The van der Waals surface area contributed by atoms with Gasteiger partial charge >= 0.3 is 0 Å². The first kappa shape index (κ1) is 19.3. The molecule has 152 valence electrons. The van der Waals surface area contributed by atoms with Gasteiger partial charge in [0.1, 0.15) is 5.82 Å². The molecule has 0 bridgehead atoms. The predicted molar refractivity (Wildman–Crippen MR) is 109 cm³/mol. The first-order valence-electron chi connectivity index (χ1n) is 9.70. The number of nitrogens with one attached hydrogen (secondary N) is 2. The molecule has 0 unspecified atom stereocenters. The van der Waals surface area contributed by atoms with Gasteiger partial charge in [0.15, 0.2) is 0 Å². The Morgan fingerprint density at radius 2 is 2.14 bits per heavy atom. The van der Waals surface area contributed by atoms with Crippen molar-refractivity contribution in [1.82, 2.24) is 19.6 Å². The zero-order valence-electron chi connectivity index (χ0n) is 16.7. The van der Waals surface area contributed by atoms with Gasteiger partial charge in [0.25, 0.3) is 5.56 Å². The van der Waals surface area contributed by atoms with Crippen molar-refractivity contribution < 1.29 is 9.53 Å². The number of nitrogens with zero attached hydrogens (tertiary/aromatic N) is 3. The van der Waals surface area contributed by atoms with E-state index >= 15 is 0 Å². The van der Waals surface area contributed by atoms with E-state index < -0.39 is 0 Å². The number of ether oxygens (including phenoxy) is 1. The van der Waals surface area contributed by atoms with Crippen LogP contribution in [-0.4, -0.2) is 43.4 Å². The van der Waals surface area contributed by atoms with Crippen LogP contribution in [0.1, 0.15) is 69.1 Å². The van der Waals surface area contributed by atoms with Gasteiger partial charge in [0.05, 0.1) is 33.9 Å². The number of amides is 1. The van der Waals surface area contributed by atoms with Crippen molar-refractivity contribution in [3.05, 3.63) is 33.9 Å². The second-order valence-electron chi connectivity index (χ2n) is 8.36. The van der Waals surface area contributed by atoms with Gasteiger partial charge in [-0.2, -0.15) is 5.10 Å². The van der Waals surface area contributed by atoms with Crippen LogP contribution in [-0.2, 0) is 9.53 Å². The number of carbonyl (C=O) groups excluding carboxylic acids is 1. The van der Waals surface area contributed by atoms with Gasteiger partial charge in [-0.15, -0.1) is 11.8 Å². The molecule has 1 fully saturated rings. The van der Waals surface area contributed by atoms with E-state index in [2.05, 4.69) is 43.2 Å². The number of fused-ring (bicyclic) bond motifs is 1. The molecule has 0 radical (unpaired) electrons. The van der Waals surface area contributed by atoms with Crippen molar-refractivity contribution in [1.29, 1.82) is 0 Å². The fraction of sp³-hybridized carbons (Fsp3) is 0.632. The summed E-state index contributed by atoms with van der Waals surface area (Å²) >= 11 is 1.47. The molecular formula is C19H27N5O3S. The Kier molecular flexibility index (Phi) is 4.91. The Labute approximate surface area is 168 Å². The highest BCUT2D eigenvalue weighted by molar-refractivity contribution is 8.00. The summed E-state index contributed by atoms with van der Waals surface area (Å²) in [5.74, 6) is 0.786. The lowest BCUT2D eigenvalue weighted by Crippen LogP contribution is -2.36. The van der Waals surface area contributed by atoms with Crippen LogP contribution in [0.4, 0.5) is 5.82 Å². The summed E-state index contributed by atoms with van der Waals surface area (Å²) in [5.41, 5.74) is 1.11. The molecule has 0 aliphatic carbocycles. The van der Waals surface area contributed by atoms with Crippen LogP contribution >= 0.6 is 11.8 Å². The molecule has 8 nitrogen and oxygen atoms in total. The van der Waals surface area contributed by atoms with Crippen LogP contribution < -0.4 is 10.9 Å². The summed E-state index contributed by atoms with van der Waals surface area (Å²) in [6.07, 6.45) is 3.31. The number of carbonyl (C=O) groups is 1. The second kappa shape index (κ2) is 7.11. The number of aromatic nitrogens is 4. The molecule has 1 amide bonds. The van der Waals surface area contributed by atoms with Crippen molar-refractivity contribution in [3.8, 4) is 0 Å². The van der Waals surface area contributed by atoms with Gasteiger partial charge < -0.3 is 10.1 Å². The van der Waals surface area contributed by atoms with Crippen LogP contribution in [0.25, 0.3) is 0 Å². The highest BCUT2D eigenvalue weighted by Crippen LogP contribution is 2.42. The van der Waals surface area contributed by atoms with Gasteiger partial charge in [-0.05, 0) is 46.6 Å². The van der Waals surface area contributed by atoms with Gasteiger partial charge in [-0.25, -0.2) is 0 Å². The van der Waals surface area contributed by atoms with Crippen molar-refractivity contribution in [2.24, 2.45) is 0 Å². The van der Waals surface area contributed by atoms with Crippen molar-refractivity contribution in [3.63, 3.8) is 0 Å². The summed E-state index contributed by atoms with van der Waals surface area (Å²) in [6, 6.07) is 2.17. The number of aromatic amines is 1. The van der Waals surface area contributed by atoms with Gasteiger partial charge in [-0.1, -0.05) is 0 Å². The molecule has 9 heteroatoms. The highest BCUT2D eigenvalue weighted by Gasteiger charge is 2.36. The number of hydrogen-bond acceptors (Lipinski definition) is 5.